The molecule has 0 aliphatic carbocycles. The standard InChI is InChI=1S/C24H30N4O3/c1-17(2)22(27-24(31)26-19-10-4-3-5-11-19)23(30)25-20-12-8-9-18(15-20)16-28-14-7-6-13-21(28)29/h3-5,8-12,15,17,22H,6-7,13-14,16H2,1-2H3,(H,25,30)(H2,26,27,31). The Morgan fingerprint density at radius 3 is 2.42 bits per heavy atom. The molecule has 1 unspecified atom stereocenters. The van der Waals surface area contributed by atoms with Gasteiger partial charge in [-0.1, -0.05) is 44.2 Å². The molecule has 2 aromatic carbocycles. The van der Waals surface area contributed by atoms with E-state index in [1.165, 1.54) is 0 Å². The van der Waals surface area contributed by atoms with Crippen LogP contribution >= 0.6 is 0 Å². The quantitative estimate of drug-likeness (QED) is 0.630. The van der Waals surface area contributed by atoms with Gasteiger partial charge in [0.25, 0.3) is 0 Å². The normalized spacial score (nSPS) is 14.8. The highest BCUT2D eigenvalue weighted by Gasteiger charge is 2.24. The lowest BCUT2D eigenvalue weighted by molar-refractivity contribution is -0.133. The molecule has 164 valence electrons. The molecule has 2 aromatic rings. The van der Waals surface area contributed by atoms with E-state index in [1.54, 1.807) is 18.2 Å². The van der Waals surface area contributed by atoms with Crippen LogP contribution in [0.4, 0.5) is 16.2 Å². The number of rotatable bonds is 7. The Bertz CT molecular complexity index is 914. The minimum atomic E-state index is -0.698. The Labute approximate surface area is 183 Å². The molecule has 1 aliphatic heterocycles. The molecule has 1 aliphatic rings. The molecule has 3 N–H and O–H groups in total. The molecule has 3 rings (SSSR count). The first kappa shape index (κ1) is 22.3. The minimum Gasteiger partial charge on any atom is -0.338 e. The van der Waals surface area contributed by atoms with Crippen LogP contribution in [0.25, 0.3) is 0 Å². The van der Waals surface area contributed by atoms with Crippen molar-refractivity contribution in [3.63, 3.8) is 0 Å². The molecule has 1 saturated heterocycles. The van der Waals surface area contributed by atoms with Crippen molar-refractivity contribution in [1.82, 2.24) is 10.2 Å². The van der Waals surface area contributed by atoms with E-state index in [9.17, 15) is 14.4 Å². The molecule has 31 heavy (non-hydrogen) atoms. The first-order valence-electron chi connectivity index (χ1n) is 10.7. The predicted molar refractivity (Wildman–Crippen MR) is 122 cm³/mol. The fourth-order valence-corrected chi connectivity index (χ4v) is 3.58. The number of amides is 4. The SMILES string of the molecule is CC(C)C(NC(=O)Nc1ccccc1)C(=O)Nc1cccc(CN2CCCCC2=O)c1. The number of nitrogens with one attached hydrogen (secondary N) is 3. The van der Waals surface area contributed by atoms with E-state index < -0.39 is 12.1 Å². The molecule has 4 amide bonds. The lowest BCUT2D eigenvalue weighted by Crippen LogP contribution is -2.48. The summed E-state index contributed by atoms with van der Waals surface area (Å²) in [6.45, 7) is 5.07. The van der Waals surface area contributed by atoms with Gasteiger partial charge in [0.1, 0.15) is 6.04 Å². The fraction of sp³-hybridized carbons (Fsp3) is 0.375. The van der Waals surface area contributed by atoms with Crippen molar-refractivity contribution in [2.24, 2.45) is 5.92 Å². The van der Waals surface area contributed by atoms with Crippen LogP contribution in [0.15, 0.2) is 54.6 Å². The smallest absolute Gasteiger partial charge is 0.319 e. The number of likely N-dealkylation sites (tertiary alicyclic amines) is 1. The van der Waals surface area contributed by atoms with Crippen LogP contribution < -0.4 is 16.0 Å². The van der Waals surface area contributed by atoms with Crippen molar-refractivity contribution in [2.45, 2.75) is 45.7 Å². The summed E-state index contributed by atoms with van der Waals surface area (Å²) in [5.41, 5.74) is 2.26. The number of carbonyl (C=O) groups excluding carboxylic acids is 3. The van der Waals surface area contributed by atoms with Gasteiger partial charge in [-0.05, 0) is 48.6 Å². The zero-order valence-electron chi connectivity index (χ0n) is 18.1. The first-order valence-corrected chi connectivity index (χ1v) is 10.7. The van der Waals surface area contributed by atoms with Gasteiger partial charge in [-0.25, -0.2) is 4.79 Å². The van der Waals surface area contributed by atoms with Gasteiger partial charge >= 0.3 is 6.03 Å². The second-order valence-electron chi connectivity index (χ2n) is 8.15. The van der Waals surface area contributed by atoms with Crippen LogP contribution in [0.1, 0.15) is 38.7 Å². The number of hydrogen-bond donors (Lipinski definition) is 3. The van der Waals surface area contributed by atoms with E-state index >= 15 is 0 Å². The van der Waals surface area contributed by atoms with Crippen LogP contribution in [0.2, 0.25) is 0 Å². The third kappa shape index (κ3) is 6.57. The average molecular weight is 423 g/mol. The van der Waals surface area contributed by atoms with Gasteiger partial charge in [0.2, 0.25) is 11.8 Å². The Balaban J connectivity index is 1.61. The van der Waals surface area contributed by atoms with Crippen molar-refractivity contribution < 1.29 is 14.4 Å². The van der Waals surface area contributed by atoms with Gasteiger partial charge in [-0.2, -0.15) is 0 Å². The summed E-state index contributed by atoms with van der Waals surface area (Å²) in [7, 11) is 0. The summed E-state index contributed by atoms with van der Waals surface area (Å²) >= 11 is 0. The maximum absolute atomic E-state index is 12.9. The van der Waals surface area contributed by atoms with E-state index in [2.05, 4.69) is 16.0 Å². The molecule has 0 saturated carbocycles. The van der Waals surface area contributed by atoms with Crippen LogP contribution in [0, 0.1) is 5.92 Å². The zero-order chi connectivity index (χ0) is 22.2. The van der Waals surface area contributed by atoms with Crippen LogP contribution in [-0.2, 0) is 16.1 Å². The molecule has 1 fully saturated rings. The summed E-state index contributed by atoms with van der Waals surface area (Å²) in [5.74, 6) is -0.214. The summed E-state index contributed by atoms with van der Waals surface area (Å²) in [4.78, 5) is 39.2. The monoisotopic (exact) mass is 422 g/mol. The average Bonchev–Trinajstić information content (AvgIpc) is 2.74. The van der Waals surface area contributed by atoms with Gasteiger partial charge in [-0.3, -0.25) is 9.59 Å². The van der Waals surface area contributed by atoms with Gasteiger partial charge in [0, 0.05) is 30.9 Å². The molecular formula is C24H30N4O3. The molecule has 1 heterocycles. The molecule has 1 atom stereocenters. The second kappa shape index (κ2) is 10.6. The zero-order valence-corrected chi connectivity index (χ0v) is 18.1. The Hall–Kier alpha value is -3.35. The summed E-state index contributed by atoms with van der Waals surface area (Å²) in [6.07, 6.45) is 2.57. The van der Waals surface area contributed by atoms with Gasteiger partial charge < -0.3 is 20.9 Å². The van der Waals surface area contributed by atoms with Crippen LogP contribution in [-0.4, -0.2) is 35.3 Å². The molecule has 0 aromatic heterocycles. The van der Waals surface area contributed by atoms with E-state index in [1.807, 2.05) is 55.1 Å². The number of piperidine rings is 1. The molecule has 7 heteroatoms. The maximum Gasteiger partial charge on any atom is 0.319 e. The third-order valence-corrected chi connectivity index (χ3v) is 5.26. The maximum atomic E-state index is 12.9. The van der Waals surface area contributed by atoms with Crippen molar-refractivity contribution in [1.29, 1.82) is 0 Å². The number of nitrogens with zero attached hydrogens (tertiary/aromatic N) is 1. The highest BCUT2D eigenvalue weighted by atomic mass is 16.2. The van der Waals surface area contributed by atoms with Gasteiger partial charge in [-0.15, -0.1) is 0 Å². The van der Waals surface area contributed by atoms with Crippen molar-refractivity contribution >= 4 is 29.2 Å². The number of urea groups is 1. The number of carbonyl (C=O) groups is 3. The lowest BCUT2D eigenvalue weighted by Gasteiger charge is -2.27. The Kier molecular flexibility index (Phi) is 7.65. The molecule has 7 nitrogen and oxygen atoms in total. The Morgan fingerprint density at radius 1 is 0.968 bits per heavy atom. The summed E-state index contributed by atoms with van der Waals surface area (Å²) in [5, 5.41) is 8.39. The van der Waals surface area contributed by atoms with Crippen molar-refractivity contribution in [3.05, 3.63) is 60.2 Å². The van der Waals surface area contributed by atoms with Gasteiger partial charge in [0.15, 0.2) is 0 Å². The highest BCUT2D eigenvalue weighted by Crippen LogP contribution is 2.18. The highest BCUT2D eigenvalue weighted by molar-refractivity contribution is 5.99. The summed E-state index contributed by atoms with van der Waals surface area (Å²) < 4.78 is 0. The third-order valence-electron chi connectivity index (χ3n) is 5.26. The van der Waals surface area contributed by atoms with E-state index in [0.29, 0.717) is 24.3 Å². The predicted octanol–water partition coefficient (Wildman–Crippen LogP) is 3.98. The van der Waals surface area contributed by atoms with Crippen LogP contribution in [0.3, 0.4) is 0 Å². The molecule has 0 bridgehead atoms. The number of hydrogen-bond acceptors (Lipinski definition) is 3. The number of para-hydroxylation sites is 1. The Morgan fingerprint density at radius 2 is 1.71 bits per heavy atom. The van der Waals surface area contributed by atoms with Crippen LogP contribution in [0.5, 0.6) is 0 Å². The molecular weight excluding hydrogens is 392 g/mol. The van der Waals surface area contributed by atoms with Crippen molar-refractivity contribution in [3.8, 4) is 0 Å². The van der Waals surface area contributed by atoms with E-state index in [-0.39, 0.29) is 17.7 Å². The molecule has 0 radical (unpaired) electrons. The number of anilines is 2. The fourth-order valence-electron chi connectivity index (χ4n) is 3.58. The number of benzene rings is 2. The first-order chi connectivity index (χ1) is 14.9. The van der Waals surface area contributed by atoms with E-state index in [4.69, 9.17) is 0 Å². The molecule has 0 spiro atoms. The topological polar surface area (TPSA) is 90.5 Å². The lowest BCUT2D eigenvalue weighted by atomic mass is 10.0. The second-order valence-corrected chi connectivity index (χ2v) is 8.15. The van der Waals surface area contributed by atoms with Crippen molar-refractivity contribution in [2.75, 3.05) is 17.2 Å². The minimum absolute atomic E-state index is 0.101. The van der Waals surface area contributed by atoms with Gasteiger partial charge in [0.05, 0.1) is 0 Å². The van der Waals surface area contributed by atoms with E-state index in [0.717, 1.165) is 24.9 Å². The largest absolute Gasteiger partial charge is 0.338 e. The summed E-state index contributed by atoms with van der Waals surface area (Å²) in [6, 6.07) is 15.4.